The lowest BCUT2D eigenvalue weighted by Gasteiger charge is -2.04. The Morgan fingerprint density at radius 2 is 1.50 bits per heavy atom. The van der Waals surface area contributed by atoms with Crippen LogP contribution in [0.4, 0.5) is 5.69 Å². The lowest BCUT2D eigenvalue weighted by Crippen LogP contribution is -2.19. The molecule has 0 heterocycles. The highest BCUT2D eigenvalue weighted by Crippen LogP contribution is 2.14. The number of aliphatic imine (C=N–C) groups is 1. The van der Waals surface area contributed by atoms with Gasteiger partial charge < -0.3 is 0 Å². The van der Waals surface area contributed by atoms with Gasteiger partial charge in [0.05, 0.1) is 11.4 Å². The molecule has 0 unspecified atom stereocenters. The van der Waals surface area contributed by atoms with Gasteiger partial charge >= 0.3 is 0 Å². The summed E-state index contributed by atoms with van der Waals surface area (Å²) in [6.07, 6.45) is 0. The second-order valence-electron chi connectivity index (χ2n) is 5.11. The zero-order chi connectivity index (χ0) is 15.9. The predicted molar refractivity (Wildman–Crippen MR) is 91.0 cm³/mol. The van der Waals surface area contributed by atoms with Crippen LogP contribution in [0.1, 0.15) is 36.7 Å². The van der Waals surface area contributed by atoms with Gasteiger partial charge in [-0.2, -0.15) is 5.10 Å². The van der Waals surface area contributed by atoms with Crippen molar-refractivity contribution >= 4 is 23.0 Å². The van der Waals surface area contributed by atoms with Gasteiger partial charge in [0.15, 0.2) is 0 Å². The molecular formula is C18H19N3O. The van der Waals surface area contributed by atoms with Crippen LogP contribution in [0.2, 0.25) is 0 Å². The molecule has 0 atom stereocenters. The molecule has 0 aliphatic carbocycles. The largest absolute Gasteiger partial charge is 0.271 e. The maximum atomic E-state index is 11.9. The summed E-state index contributed by atoms with van der Waals surface area (Å²) in [5.74, 6) is -0.220. The molecule has 0 spiro atoms. The summed E-state index contributed by atoms with van der Waals surface area (Å²) < 4.78 is 0. The second-order valence-corrected chi connectivity index (χ2v) is 5.11. The molecule has 2 rings (SSSR count). The van der Waals surface area contributed by atoms with E-state index in [4.69, 9.17) is 0 Å². The highest BCUT2D eigenvalue weighted by Gasteiger charge is 2.03. The van der Waals surface area contributed by atoms with E-state index in [-0.39, 0.29) is 5.91 Å². The Balaban J connectivity index is 2.06. The molecule has 1 N–H and O–H groups in total. The van der Waals surface area contributed by atoms with Crippen molar-refractivity contribution in [2.24, 2.45) is 10.1 Å². The molecule has 0 bridgehead atoms. The Hall–Kier alpha value is -2.75. The fourth-order valence-electron chi connectivity index (χ4n) is 1.89. The average molecular weight is 293 g/mol. The Kier molecular flexibility index (Phi) is 5.20. The maximum Gasteiger partial charge on any atom is 0.271 e. The molecule has 112 valence electrons. The number of hydrazone groups is 1. The van der Waals surface area contributed by atoms with E-state index >= 15 is 0 Å². The first-order chi connectivity index (χ1) is 10.6. The molecule has 0 aliphatic heterocycles. The van der Waals surface area contributed by atoms with Gasteiger partial charge in [0.2, 0.25) is 0 Å². The van der Waals surface area contributed by atoms with Crippen molar-refractivity contribution in [3.8, 4) is 0 Å². The number of nitrogens with one attached hydrogen (secondary N) is 1. The molecule has 4 heteroatoms. The van der Waals surface area contributed by atoms with Crippen molar-refractivity contribution in [2.45, 2.75) is 20.8 Å². The third-order valence-electron chi connectivity index (χ3n) is 3.00. The summed E-state index contributed by atoms with van der Waals surface area (Å²) >= 11 is 0. The highest BCUT2D eigenvalue weighted by molar-refractivity contribution is 6.01. The van der Waals surface area contributed by atoms with Crippen molar-refractivity contribution in [3.63, 3.8) is 0 Å². The summed E-state index contributed by atoms with van der Waals surface area (Å²) in [6, 6.07) is 16.7. The van der Waals surface area contributed by atoms with E-state index < -0.39 is 0 Å². The van der Waals surface area contributed by atoms with Gasteiger partial charge in [-0.25, -0.2) is 5.43 Å². The number of carbonyl (C=O) groups is 1. The summed E-state index contributed by atoms with van der Waals surface area (Å²) in [6.45, 7) is 5.77. The van der Waals surface area contributed by atoms with Gasteiger partial charge in [0, 0.05) is 11.3 Å². The number of rotatable bonds is 4. The lowest BCUT2D eigenvalue weighted by molar-refractivity contribution is 0.0955. The monoisotopic (exact) mass is 293 g/mol. The maximum absolute atomic E-state index is 11.9. The standard InChI is InChI=1S/C18H19N3O/c1-13(2)19-17-11-9-15(10-12-17)14(3)20-21-18(22)16-7-5-4-6-8-16/h4-12H,1-3H3,(H,21,22)/b20-14+. The summed E-state index contributed by atoms with van der Waals surface area (Å²) in [5.41, 5.74) is 6.75. The van der Waals surface area contributed by atoms with E-state index in [0.717, 1.165) is 22.7 Å². The SMILES string of the molecule is CC(C)=Nc1ccc(/C(C)=N/NC(=O)c2ccccc2)cc1. The van der Waals surface area contributed by atoms with Crippen LogP contribution in [0.25, 0.3) is 0 Å². The molecule has 1 amide bonds. The normalized spacial score (nSPS) is 11.0. The summed E-state index contributed by atoms with van der Waals surface area (Å²) in [5, 5.41) is 4.14. The van der Waals surface area contributed by atoms with Crippen LogP contribution in [0.15, 0.2) is 64.7 Å². The number of nitrogens with zero attached hydrogens (tertiary/aromatic N) is 2. The van der Waals surface area contributed by atoms with Crippen molar-refractivity contribution in [1.82, 2.24) is 5.43 Å². The van der Waals surface area contributed by atoms with E-state index in [1.54, 1.807) is 12.1 Å². The first-order valence-corrected chi connectivity index (χ1v) is 7.08. The topological polar surface area (TPSA) is 53.8 Å². The quantitative estimate of drug-likeness (QED) is 0.673. The summed E-state index contributed by atoms with van der Waals surface area (Å²) in [7, 11) is 0. The highest BCUT2D eigenvalue weighted by atomic mass is 16.2. The van der Waals surface area contributed by atoms with Gasteiger partial charge in [0.1, 0.15) is 0 Å². The third-order valence-corrected chi connectivity index (χ3v) is 3.00. The molecule has 2 aromatic carbocycles. The van der Waals surface area contributed by atoms with Crippen LogP contribution in [-0.4, -0.2) is 17.3 Å². The first kappa shape index (κ1) is 15.6. The molecule has 0 saturated heterocycles. The van der Waals surface area contributed by atoms with Gasteiger partial charge in [-0.05, 0) is 50.6 Å². The van der Waals surface area contributed by atoms with Crippen molar-refractivity contribution in [2.75, 3.05) is 0 Å². The third kappa shape index (κ3) is 4.38. The Labute approximate surface area is 130 Å². The van der Waals surface area contributed by atoms with Crippen LogP contribution < -0.4 is 5.43 Å². The number of hydrogen-bond donors (Lipinski definition) is 1. The lowest BCUT2D eigenvalue weighted by atomic mass is 10.1. The van der Waals surface area contributed by atoms with Gasteiger partial charge in [0.25, 0.3) is 5.91 Å². The zero-order valence-corrected chi connectivity index (χ0v) is 13.0. The van der Waals surface area contributed by atoms with Crippen LogP contribution in [0.3, 0.4) is 0 Å². The summed E-state index contributed by atoms with van der Waals surface area (Å²) in [4.78, 5) is 16.3. The molecule has 0 fully saturated rings. The van der Waals surface area contributed by atoms with E-state index in [2.05, 4.69) is 15.5 Å². The van der Waals surface area contributed by atoms with E-state index in [0.29, 0.717) is 5.56 Å². The number of hydrogen-bond acceptors (Lipinski definition) is 3. The Bertz CT molecular complexity index is 697. The number of carbonyl (C=O) groups excluding carboxylic acids is 1. The molecule has 22 heavy (non-hydrogen) atoms. The molecule has 0 aromatic heterocycles. The second kappa shape index (κ2) is 7.31. The van der Waals surface area contributed by atoms with E-state index in [9.17, 15) is 4.79 Å². The Morgan fingerprint density at radius 3 is 2.09 bits per heavy atom. The smallest absolute Gasteiger partial charge is 0.267 e. The van der Waals surface area contributed by atoms with Crippen molar-refractivity contribution in [3.05, 3.63) is 65.7 Å². The van der Waals surface area contributed by atoms with Gasteiger partial charge in [-0.3, -0.25) is 9.79 Å². The van der Waals surface area contributed by atoms with E-state index in [1.807, 2.05) is 63.2 Å². The van der Waals surface area contributed by atoms with E-state index in [1.165, 1.54) is 0 Å². The van der Waals surface area contributed by atoms with Gasteiger partial charge in [-0.1, -0.05) is 30.3 Å². The van der Waals surface area contributed by atoms with Crippen molar-refractivity contribution in [1.29, 1.82) is 0 Å². The molecule has 0 saturated carbocycles. The molecule has 0 aliphatic rings. The minimum Gasteiger partial charge on any atom is -0.267 e. The number of amides is 1. The average Bonchev–Trinajstić information content (AvgIpc) is 2.53. The molecular weight excluding hydrogens is 274 g/mol. The van der Waals surface area contributed by atoms with Gasteiger partial charge in [-0.15, -0.1) is 0 Å². The zero-order valence-electron chi connectivity index (χ0n) is 13.0. The predicted octanol–water partition coefficient (Wildman–Crippen LogP) is 3.95. The van der Waals surface area contributed by atoms with Crippen molar-refractivity contribution < 1.29 is 4.79 Å². The Morgan fingerprint density at radius 1 is 0.864 bits per heavy atom. The first-order valence-electron chi connectivity index (χ1n) is 7.08. The minimum absolute atomic E-state index is 0.220. The fraction of sp³-hybridized carbons (Fsp3) is 0.167. The van der Waals surface area contributed by atoms with Crippen LogP contribution in [0, 0.1) is 0 Å². The molecule has 4 nitrogen and oxygen atoms in total. The van der Waals surface area contributed by atoms with Crippen LogP contribution in [0.5, 0.6) is 0 Å². The number of benzene rings is 2. The minimum atomic E-state index is -0.220. The fourth-order valence-corrected chi connectivity index (χ4v) is 1.89. The van der Waals surface area contributed by atoms with Crippen LogP contribution in [-0.2, 0) is 0 Å². The molecule has 2 aromatic rings. The van der Waals surface area contributed by atoms with Crippen LogP contribution >= 0.6 is 0 Å². The molecule has 0 radical (unpaired) electrons.